The molecule has 1 aliphatic rings. The molecular weight excluding hydrogens is 220 g/mol. The van der Waals surface area contributed by atoms with Crippen molar-refractivity contribution in [2.24, 2.45) is 0 Å². The van der Waals surface area contributed by atoms with Crippen LogP contribution in [0.5, 0.6) is 0 Å². The third-order valence-corrected chi connectivity index (χ3v) is 5.46. The Morgan fingerprint density at radius 2 is 1.36 bits per heavy atom. The van der Waals surface area contributed by atoms with Gasteiger partial charge in [0.25, 0.3) is 20.2 Å². The topological polar surface area (TPSA) is 104 Å². The van der Waals surface area contributed by atoms with E-state index in [9.17, 15) is 21.0 Å². The average molecular weight is 222 g/mol. The normalized spacial score (nSPS) is 29.8. The van der Waals surface area contributed by atoms with Crippen molar-refractivity contribution in [2.45, 2.75) is 0 Å². The zero-order valence-electron chi connectivity index (χ0n) is 4.79. The highest BCUT2D eigenvalue weighted by Gasteiger charge is 2.35. The minimum absolute atomic E-state index is 1.30. The van der Waals surface area contributed by atoms with Gasteiger partial charge in [-0.3, -0.25) is 0 Å². The SMILES string of the molecule is O=S1OS(=O)(=O)CS(=O)(=O)O1. The first-order valence-corrected chi connectivity index (χ1v) is 6.23. The molecule has 0 unspecified atom stereocenters. The highest BCUT2D eigenvalue weighted by atomic mass is 32.3. The molecule has 1 heterocycles. The van der Waals surface area contributed by atoms with E-state index < -0.39 is 36.7 Å². The summed E-state index contributed by atoms with van der Waals surface area (Å²) in [5, 5.41) is -1.30. The predicted octanol–water partition coefficient (Wildman–Crippen LogP) is -1.77. The largest absolute Gasteiger partial charge is 0.336 e. The maximum Gasteiger partial charge on any atom is 0.336 e. The fraction of sp³-hybridized carbons (Fsp3) is 1.00. The van der Waals surface area contributed by atoms with E-state index in [1.54, 1.807) is 0 Å². The third kappa shape index (κ3) is 2.48. The Morgan fingerprint density at radius 1 is 1.00 bits per heavy atom. The maximum absolute atomic E-state index is 10.4. The van der Waals surface area contributed by atoms with Crippen LogP contribution < -0.4 is 0 Å². The van der Waals surface area contributed by atoms with Gasteiger partial charge in [-0.2, -0.15) is 21.0 Å². The Hall–Kier alpha value is -0.0300. The van der Waals surface area contributed by atoms with Crippen LogP contribution in [0.3, 0.4) is 0 Å². The lowest BCUT2D eigenvalue weighted by Crippen LogP contribution is -2.28. The molecule has 66 valence electrons. The van der Waals surface area contributed by atoms with Crippen LogP contribution in [-0.4, -0.2) is 26.1 Å². The Labute approximate surface area is 65.4 Å². The summed E-state index contributed by atoms with van der Waals surface area (Å²) >= 11 is -2.76. The first-order valence-electron chi connectivity index (χ1n) is 2.08. The van der Waals surface area contributed by atoms with E-state index in [1.165, 1.54) is 0 Å². The molecule has 1 rings (SSSR count). The lowest BCUT2D eigenvalue weighted by molar-refractivity contribution is 0.425. The third-order valence-electron chi connectivity index (χ3n) is 0.607. The monoisotopic (exact) mass is 222 g/mol. The Kier molecular flexibility index (Phi) is 2.05. The molecule has 0 saturated carbocycles. The second-order valence-corrected chi connectivity index (χ2v) is 6.24. The van der Waals surface area contributed by atoms with Crippen molar-refractivity contribution in [1.29, 1.82) is 0 Å². The summed E-state index contributed by atoms with van der Waals surface area (Å²) in [4.78, 5) is 0. The number of hydrogen-bond donors (Lipinski definition) is 0. The molecule has 0 atom stereocenters. The molecule has 1 aliphatic heterocycles. The minimum atomic E-state index is -4.25. The van der Waals surface area contributed by atoms with Gasteiger partial charge in [0.05, 0.1) is 0 Å². The smallest absolute Gasteiger partial charge is 0.197 e. The average Bonchev–Trinajstić information content (AvgIpc) is 1.49. The molecule has 7 nitrogen and oxygen atoms in total. The summed E-state index contributed by atoms with van der Waals surface area (Å²) in [5.74, 6) is 0. The molecule has 0 radical (unpaired) electrons. The van der Waals surface area contributed by atoms with Crippen LogP contribution in [-0.2, 0) is 38.9 Å². The number of hydrogen-bond acceptors (Lipinski definition) is 7. The molecule has 0 aromatic rings. The van der Waals surface area contributed by atoms with Crippen molar-refractivity contribution in [1.82, 2.24) is 0 Å². The van der Waals surface area contributed by atoms with Gasteiger partial charge in [0.2, 0.25) is 5.08 Å². The van der Waals surface area contributed by atoms with Gasteiger partial charge in [-0.25, -0.2) is 0 Å². The van der Waals surface area contributed by atoms with Crippen molar-refractivity contribution in [3.63, 3.8) is 0 Å². The Balaban J connectivity index is 3.12. The first-order chi connectivity index (χ1) is 4.81. The van der Waals surface area contributed by atoms with Gasteiger partial charge in [0.15, 0.2) is 0 Å². The van der Waals surface area contributed by atoms with Gasteiger partial charge >= 0.3 is 11.4 Å². The molecule has 0 aromatic carbocycles. The van der Waals surface area contributed by atoms with Gasteiger partial charge in [-0.15, -0.1) is 7.26 Å². The zero-order chi connectivity index (χ0) is 8.70. The van der Waals surface area contributed by atoms with Gasteiger partial charge < -0.3 is 0 Å². The maximum atomic E-state index is 10.4. The second-order valence-electron chi connectivity index (χ2n) is 1.57. The molecule has 0 aromatic heterocycles. The summed E-state index contributed by atoms with van der Waals surface area (Å²) in [5.41, 5.74) is 0. The number of rotatable bonds is 0. The van der Waals surface area contributed by atoms with Crippen LogP contribution >= 0.6 is 0 Å². The molecule has 0 spiro atoms. The van der Waals surface area contributed by atoms with Crippen molar-refractivity contribution < 1.29 is 28.3 Å². The van der Waals surface area contributed by atoms with Crippen LogP contribution in [0.15, 0.2) is 0 Å². The standard InChI is InChI=1S/CH2O7S3/c2-9-7-10(3,4)1-11(5,6)8-9/h1H2. The molecular formula is CH2O7S3. The molecule has 11 heavy (non-hydrogen) atoms. The van der Waals surface area contributed by atoms with Crippen molar-refractivity contribution in [2.75, 3.05) is 5.08 Å². The fourth-order valence-electron chi connectivity index (χ4n) is 0.397. The lowest BCUT2D eigenvalue weighted by Gasteiger charge is -2.08. The zero-order valence-corrected chi connectivity index (χ0v) is 7.24. The molecule has 0 bridgehead atoms. The minimum Gasteiger partial charge on any atom is -0.197 e. The molecule has 0 amide bonds. The summed E-state index contributed by atoms with van der Waals surface area (Å²) in [6.07, 6.45) is 0. The van der Waals surface area contributed by atoms with Gasteiger partial charge in [0, 0.05) is 0 Å². The fourth-order valence-corrected chi connectivity index (χ4v) is 4.48. The highest BCUT2D eigenvalue weighted by Crippen LogP contribution is 2.13. The van der Waals surface area contributed by atoms with Gasteiger partial charge in [-0.1, -0.05) is 0 Å². The van der Waals surface area contributed by atoms with E-state index in [0.717, 1.165) is 0 Å². The quantitative estimate of drug-likeness (QED) is 0.477. The second kappa shape index (κ2) is 2.48. The molecule has 1 fully saturated rings. The highest BCUT2D eigenvalue weighted by molar-refractivity contribution is 8.12. The Bertz CT molecular complexity index is 334. The molecule has 1 saturated heterocycles. The van der Waals surface area contributed by atoms with Crippen LogP contribution in [0.2, 0.25) is 0 Å². The molecule has 0 N–H and O–H groups in total. The van der Waals surface area contributed by atoms with Crippen molar-refractivity contribution >= 4 is 31.6 Å². The van der Waals surface area contributed by atoms with E-state index in [0.29, 0.717) is 0 Å². The van der Waals surface area contributed by atoms with Crippen molar-refractivity contribution in [3.8, 4) is 0 Å². The van der Waals surface area contributed by atoms with Crippen LogP contribution in [0.4, 0.5) is 0 Å². The van der Waals surface area contributed by atoms with Gasteiger partial charge in [0.1, 0.15) is 0 Å². The summed E-state index contributed by atoms with van der Waals surface area (Å²) in [6, 6.07) is 0. The van der Waals surface area contributed by atoms with Crippen LogP contribution in [0, 0.1) is 0 Å². The molecule has 10 heteroatoms. The van der Waals surface area contributed by atoms with Gasteiger partial charge in [-0.05, 0) is 0 Å². The van der Waals surface area contributed by atoms with E-state index in [4.69, 9.17) is 0 Å². The van der Waals surface area contributed by atoms with Crippen LogP contribution in [0.25, 0.3) is 0 Å². The Morgan fingerprint density at radius 3 is 1.64 bits per heavy atom. The van der Waals surface area contributed by atoms with Crippen molar-refractivity contribution in [3.05, 3.63) is 0 Å². The van der Waals surface area contributed by atoms with E-state index in [1.807, 2.05) is 0 Å². The molecule has 0 aliphatic carbocycles. The summed E-state index contributed by atoms with van der Waals surface area (Å²) in [6.45, 7) is 0. The summed E-state index contributed by atoms with van der Waals surface area (Å²) in [7, 11) is -8.51. The van der Waals surface area contributed by atoms with E-state index in [2.05, 4.69) is 7.26 Å². The van der Waals surface area contributed by atoms with E-state index >= 15 is 0 Å². The lowest BCUT2D eigenvalue weighted by atomic mass is 11.9. The first kappa shape index (κ1) is 9.06. The van der Waals surface area contributed by atoms with Crippen LogP contribution in [0.1, 0.15) is 0 Å². The van der Waals surface area contributed by atoms with E-state index in [-0.39, 0.29) is 0 Å². The predicted molar refractivity (Wildman–Crippen MR) is 33.0 cm³/mol. The summed E-state index contributed by atoms with van der Waals surface area (Å²) < 4.78 is 59.1.